The smallest absolute Gasteiger partial charge is 0.348 e. The van der Waals surface area contributed by atoms with Gasteiger partial charge in [-0.25, -0.2) is 0 Å². The molecule has 2 nitrogen and oxygen atoms in total. The monoisotopic (exact) mass is 242 g/mol. The Bertz CT molecular complexity index is 567. The van der Waals surface area contributed by atoms with Crippen molar-refractivity contribution >= 4 is 10.9 Å². The molecule has 2 aromatic rings. The second kappa shape index (κ2) is 3.77. The summed E-state index contributed by atoms with van der Waals surface area (Å²) in [7, 11) is 1.75. The minimum Gasteiger partial charge on any atom is -0.348 e. The Morgan fingerprint density at radius 3 is 2.47 bits per heavy atom. The van der Waals surface area contributed by atoms with Gasteiger partial charge in [-0.05, 0) is 24.6 Å². The SMILES string of the molecule is Cc1c(CN)c2ccc(C(F)(F)F)cc2n1C. The summed E-state index contributed by atoms with van der Waals surface area (Å²) in [6.45, 7) is 2.18. The van der Waals surface area contributed by atoms with Crippen molar-refractivity contribution in [2.75, 3.05) is 0 Å². The zero-order valence-corrected chi connectivity index (χ0v) is 9.60. The Morgan fingerprint density at radius 2 is 1.94 bits per heavy atom. The molecule has 0 saturated carbocycles. The number of rotatable bonds is 1. The molecule has 1 aromatic heterocycles. The van der Waals surface area contributed by atoms with E-state index in [-0.39, 0.29) is 0 Å². The van der Waals surface area contributed by atoms with Crippen molar-refractivity contribution in [2.24, 2.45) is 12.8 Å². The molecule has 0 aliphatic heterocycles. The quantitative estimate of drug-likeness (QED) is 0.818. The van der Waals surface area contributed by atoms with E-state index in [1.807, 2.05) is 6.92 Å². The predicted octanol–water partition coefficient (Wildman–Crippen LogP) is 2.96. The molecule has 2 N–H and O–H groups in total. The van der Waals surface area contributed by atoms with Crippen molar-refractivity contribution in [1.29, 1.82) is 0 Å². The van der Waals surface area contributed by atoms with Gasteiger partial charge in [-0.15, -0.1) is 0 Å². The highest BCUT2D eigenvalue weighted by Gasteiger charge is 2.31. The Labute approximate surface area is 96.8 Å². The van der Waals surface area contributed by atoms with Crippen molar-refractivity contribution in [1.82, 2.24) is 4.57 Å². The van der Waals surface area contributed by atoms with Crippen LogP contribution in [0.5, 0.6) is 0 Å². The van der Waals surface area contributed by atoms with Crippen LogP contribution in [0.3, 0.4) is 0 Å². The number of nitrogens with zero attached hydrogens (tertiary/aromatic N) is 1. The highest BCUT2D eigenvalue weighted by atomic mass is 19.4. The van der Waals surface area contributed by atoms with Gasteiger partial charge in [0.05, 0.1) is 5.56 Å². The summed E-state index contributed by atoms with van der Waals surface area (Å²) >= 11 is 0. The molecule has 0 fully saturated rings. The molecule has 0 aliphatic rings. The average Bonchev–Trinajstić information content (AvgIpc) is 2.50. The number of alkyl halides is 3. The maximum atomic E-state index is 12.6. The molecule has 0 bridgehead atoms. The number of hydrogen-bond donors (Lipinski definition) is 1. The van der Waals surface area contributed by atoms with Crippen LogP contribution < -0.4 is 5.73 Å². The zero-order chi connectivity index (χ0) is 12.8. The Morgan fingerprint density at radius 1 is 1.29 bits per heavy atom. The molecule has 5 heteroatoms. The van der Waals surface area contributed by atoms with Gasteiger partial charge < -0.3 is 10.3 Å². The Hall–Kier alpha value is -1.49. The van der Waals surface area contributed by atoms with E-state index in [9.17, 15) is 13.2 Å². The first kappa shape index (κ1) is 12.0. The molecule has 0 saturated heterocycles. The van der Waals surface area contributed by atoms with Crippen LogP contribution in [0.4, 0.5) is 13.2 Å². The van der Waals surface area contributed by atoms with E-state index < -0.39 is 11.7 Å². The minimum absolute atomic E-state index is 0.328. The number of hydrogen-bond acceptors (Lipinski definition) is 1. The van der Waals surface area contributed by atoms with E-state index in [2.05, 4.69) is 0 Å². The first-order valence-corrected chi connectivity index (χ1v) is 5.21. The fourth-order valence-corrected chi connectivity index (χ4v) is 2.08. The summed E-state index contributed by atoms with van der Waals surface area (Å²) in [5, 5.41) is 0.792. The molecule has 2 rings (SSSR count). The number of aromatic nitrogens is 1. The third kappa shape index (κ3) is 1.80. The third-order valence-electron chi connectivity index (χ3n) is 3.16. The molecule has 0 amide bonds. The van der Waals surface area contributed by atoms with Crippen LogP contribution >= 0.6 is 0 Å². The van der Waals surface area contributed by atoms with E-state index in [1.54, 1.807) is 11.6 Å². The Balaban J connectivity index is 2.75. The average molecular weight is 242 g/mol. The molecule has 92 valence electrons. The second-order valence-corrected chi connectivity index (χ2v) is 4.06. The molecule has 0 aliphatic carbocycles. The fraction of sp³-hybridized carbons (Fsp3) is 0.333. The summed E-state index contributed by atoms with van der Waals surface area (Å²) in [6.07, 6.45) is -4.31. The van der Waals surface area contributed by atoms with Crippen molar-refractivity contribution in [3.05, 3.63) is 35.0 Å². The number of fused-ring (bicyclic) bond motifs is 1. The van der Waals surface area contributed by atoms with Crippen LogP contribution in [-0.4, -0.2) is 4.57 Å². The maximum absolute atomic E-state index is 12.6. The van der Waals surface area contributed by atoms with E-state index in [4.69, 9.17) is 5.73 Å². The van der Waals surface area contributed by atoms with Crippen LogP contribution in [-0.2, 0) is 19.8 Å². The topological polar surface area (TPSA) is 30.9 Å². The molecule has 17 heavy (non-hydrogen) atoms. The van der Waals surface area contributed by atoms with E-state index in [0.717, 1.165) is 22.7 Å². The highest BCUT2D eigenvalue weighted by Crippen LogP contribution is 2.33. The molecule has 0 unspecified atom stereocenters. The summed E-state index contributed by atoms with van der Waals surface area (Å²) in [4.78, 5) is 0. The molecule has 0 radical (unpaired) electrons. The first-order chi connectivity index (χ1) is 7.86. The van der Waals surface area contributed by atoms with Crippen LogP contribution in [0.1, 0.15) is 16.8 Å². The lowest BCUT2D eigenvalue weighted by atomic mass is 10.1. The summed E-state index contributed by atoms with van der Waals surface area (Å²) in [6, 6.07) is 3.76. The van der Waals surface area contributed by atoms with Crippen molar-refractivity contribution < 1.29 is 13.2 Å². The number of halogens is 3. The largest absolute Gasteiger partial charge is 0.416 e. The minimum atomic E-state index is -4.31. The molecule has 1 heterocycles. The van der Waals surface area contributed by atoms with Gasteiger partial charge in [-0.2, -0.15) is 13.2 Å². The maximum Gasteiger partial charge on any atom is 0.416 e. The van der Waals surface area contributed by atoms with E-state index in [0.29, 0.717) is 12.1 Å². The molecule has 1 aromatic carbocycles. The van der Waals surface area contributed by atoms with Gasteiger partial charge in [0.2, 0.25) is 0 Å². The van der Waals surface area contributed by atoms with Gasteiger partial charge in [-0.3, -0.25) is 0 Å². The fourth-order valence-electron chi connectivity index (χ4n) is 2.08. The van der Waals surface area contributed by atoms with Gasteiger partial charge in [0, 0.05) is 30.2 Å². The van der Waals surface area contributed by atoms with E-state index >= 15 is 0 Å². The van der Waals surface area contributed by atoms with E-state index in [1.165, 1.54) is 12.1 Å². The normalized spacial score (nSPS) is 12.4. The third-order valence-corrected chi connectivity index (χ3v) is 3.16. The van der Waals surface area contributed by atoms with Crippen LogP contribution in [0.15, 0.2) is 18.2 Å². The van der Waals surface area contributed by atoms with Crippen molar-refractivity contribution in [2.45, 2.75) is 19.6 Å². The summed E-state index contributed by atoms with van der Waals surface area (Å²) < 4.78 is 39.6. The Kier molecular flexibility index (Phi) is 2.66. The van der Waals surface area contributed by atoms with Gasteiger partial charge in [0.1, 0.15) is 0 Å². The van der Waals surface area contributed by atoms with Crippen molar-refractivity contribution in [3.63, 3.8) is 0 Å². The first-order valence-electron chi connectivity index (χ1n) is 5.21. The summed E-state index contributed by atoms with van der Waals surface area (Å²) in [5.74, 6) is 0. The second-order valence-electron chi connectivity index (χ2n) is 4.06. The van der Waals surface area contributed by atoms with Gasteiger partial charge >= 0.3 is 6.18 Å². The number of nitrogens with two attached hydrogens (primary N) is 1. The predicted molar refractivity (Wildman–Crippen MR) is 60.5 cm³/mol. The molecule has 0 atom stereocenters. The molecular weight excluding hydrogens is 229 g/mol. The summed E-state index contributed by atoms with van der Waals surface area (Å²) in [5.41, 5.74) is 7.36. The lowest BCUT2D eigenvalue weighted by molar-refractivity contribution is -0.137. The van der Waals surface area contributed by atoms with Crippen LogP contribution in [0, 0.1) is 6.92 Å². The number of benzene rings is 1. The standard InChI is InChI=1S/C12H13F3N2/c1-7-10(6-16)9-4-3-8(12(13,14)15)5-11(9)17(7)2/h3-5H,6,16H2,1-2H3. The van der Waals surface area contributed by atoms with Crippen LogP contribution in [0.2, 0.25) is 0 Å². The highest BCUT2D eigenvalue weighted by molar-refractivity contribution is 5.86. The number of aryl methyl sites for hydroxylation is 1. The lowest BCUT2D eigenvalue weighted by Crippen LogP contribution is -2.04. The van der Waals surface area contributed by atoms with Gasteiger partial charge in [0.15, 0.2) is 0 Å². The van der Waals surface area contributed by atoms with Gasteiger partial charge in [0.25, 0.3) is 0 Å². The van der Waals surface area contributed by atoms with Gasteiger partial charge in [-0.1, -0.05) is 6.07 Å². The zero-order valence-electron chi connectivity index (χ0n) is 9.60. The molecular formula is C12H13F3N2. The van der Waals surface area contributed by atoms with Crippen LogP contribution in [0.25, 0.3) is 10.9 Å². The van der Waals surface area contributed by atoms with Crippen molar-refractivity contribution in [3.8, 4) is 0 Å². The molecule has 0 spiro atoms. The lowest BCUT2D eigenvalue weighted by Gasteiger charge is -2.07.